The SMILES string of the molecule is N=c1oc2ccccc2cc1C(=O)Nc1ccccc1[N+](=O)[O-]. The van der Waals surface area contributed by atoms with Crippen molar-refractivity contribution in [3.8, 4) is 0 Å². The van der Waals surface area contributed by atoms with E-state index in [1.165, 1.54) is 24.3 Å². The van der Waals surface area contributed by atoms with Crippen molar-refractivity contribution in [2.24, 2.45) is 0 Å². The Morgan fingerprint density at radius 1 is 1.13 bits per heavy atom. The molecule has 3 aromatic rings. The Kier molecular flexibility index (Phi) is 3.60. The van der Waals surface area contributed by atoms with Gasteiger partial charge in [-0.05, 0) is 18.2 Å². The quantitative estimate of drug-likeness (QED) is 0.572. The zero-order valence-corrected chi connectivity index (χ0v) is 11.8. The number of nitro groups is 1. The van der Waals surface area contributed by atoms with E-state index in [1.54, 1.807) is 30.3 Å². The fraction of sp³-hybridized carbons (Fsp3) is 0. The van der Waals surface area contributed by atoms with E-state index in [0.29, 0.717) is 11.0 Å². The van der Waals surface area contributed by atoms with Crippen LogP contribution in [0.5, 0.6) is 0 Å². The average molecular weight is 309 g/mol. The first-order valence-electron chi connectivity index (χ1n) is 6.68. The molecule has 0 saturated heterocycles. The maximum absolute atomic E-state index is 12.3. The molecule has 0 aliphatic rings. The molecule has 0 spiro atoms. The van der Waals surface area contributed by atoms with Gasteiger partial charge in [-0.25, -0.2) is 0 Å². The van der Waals surface area contributed by atoms with Gasteiger partial charge in [0, 0.05) is 11.5 Å². The van der Waals surface area contributed by atoms with Crippen LogP contribution < -0.4 is 10.9 Å². The Labute approximate surface area is 129 Å². The molecular formula is C16H11N3O4. The molecule has 0 bridgehead atoms. The van der Waals surface area contributed by atoms with Crippen LogP contribution in [0.4, 0.5) is 11.4 Å². The zero-order chi connectivity index (χ0) is 16.4. The Morgan fingerprint density at radius 2 is 1.83 bits per heavy atom. The van der Waals surface area contributed by atoms with Gasteiger partial charge in [-0.15, -0.1) is 0 Å². The largest absolute Gasteiger partial charge is 0.438 e. The van der Waals surface area contributed by atoms with Crippen LogP contribution in [0.25, 0.3) is 11.0 Å². The van der Waals surface area contributed by atoms with Crippen molar-refractivity contribution < 1.29 is 14.1 Å². The van der Waals surface area contributed by atoms with Crippen molar-refractivity contribution >= 4 is 28.3 Å². The summed E-state index contributed by atoms with van der Waals surface area (Å²) in [7, 11) is 0. The molecule has 1 amide bonds. The minimum absolute atomic E-state index is 0.00171. The first kappa shape index (κ1) is 14.5. The molecule has 3 rings (SSSR count). The molecule has 0 aliphatic carbocycles. The van der Waals surface area contributed by atoms with E-state index in [0.717, 1.165) is 0 Å². The van der Waals surface area contributed by atoms with E-state index in [9.17, 15) is 14.9 Å². The second kappa shape index (κ2) is 5.72. The van der Waals surface area contributed by atoms with Crippen LogP contribution in [-0.4, -0.2) is 10.8 Å². The van der Waals surface area contributed by atoms with E-state index in [2.05, 4.69) is 5.32 Å². The van der Waals surface area contributed by atoms with Gasteiger partial charge in [-0.2, -0.15) is 0 Å². The molecule has 2 aromatic carbocycles. The normalized spacial score (nSPS) is 10.4. The Bertz CT molecular complexity index is 978. The number of nitrogens with one attached hydrogen (secondary N) is 2. The summed E-state index contributed by atoms with van der Waals surface area (Å²) in [5, 5.41) is 21.9. The molecule has 7 nitrogen and oxygen atoms in total. The molecule has 0 unspecified atom stereocenters. The smallest absolute Gasteiger partial charge is 0.292 e. The van der Waals surface area contributed by atoms with E-state index < -0.39 is 10.8 Å². The highest BCUT2D eigenvalue weighted by atomic mass is 16.6. The van der Waals surface area contributed by atoms with E-state index >= 15 is 0 Å². The topological polar surface area (TPSA) is 109 Å². The van der Waals surface area contributed by atoms with Crippen LogP contribution in [0.3, 0.4) is 0 Å². The molecule has 7 heteroatoms. The third-order valence-corrected chi connectivity index (χ3v) is 3.27. The monoisotopic (exact) mass is 309 g/mol. The van der Waals surface area contributed by atoms with Crippen molar-refractivity contribution in [3.63, 3.8) is 0 Å². The zero-order valence-electron chi connectivity index (χ0n) is 11.8. The van der Waals surface area contributed by atoms with Gasteiger partial charge in [0.25, 0.3) is 11.6 Å². The van der Waals surface area contributed by atoms with Gasteiger partial charge in [0.05, 0.1) is 4.92 Å². The second-order valence-electron chi connectivity index (χ2n) is 4.76. The number of rotatable bonds is 3. The summed E-state index contributed by atoms with van der Waals surface area (Å²) in [4.78, 5) is 22.7. The van der Waals surface area contributed by atoms with E-state index in [-0.39, 0.29) is 22.5 Å². The predicted molar refractivity (Wildman–Crippen MR) is 83.1 cm³/mol. The Hall–Kier alpha value is -3.48. The number of nitro benzene ring substituents is 1. The van der Waals surface area contributed by atoms with Crippen LogP contribution in [0.15, 0.2) is 59.0 Å². The summed E-state index contributed by atoms with van der Waals surface area (Å²) >= 11 is 0. The highest BCUT2D eigenvalue weighted by molar-refractivity contribution is 6.06. The van der Waals surface area contributed by atoms with E-state index in [1.807, 2.05) is 0 Å². The minimum Gasteiger partial charge on any atom is -0.438 e. The number of benzene rings is 2. The summed E-state index contributed by atoms with van der Waals surface area (Å²) in [5.74, 6) is -0.640. The average Bonchev–Trinajstić information content (AvgIpc) is 2.54. The van der Waals surface area contributed by atoms with Crippen molar-refractivity contribution in [3.05, 3.63) is 75.8 Å². The second-order valence-corrected chi connectivity index (χ2v) is 4.76. The lowest BCUT2D eigenvalue weighted by atomic mass is 10.1. The van der Waals surface area contributed by atoms with Gasteiger partial charge < -0.3 is 9.73 Å². The Balaban J connectivity index is 2.00. The highest BCUT2D eigenvalue weighted by Crippen LogP contribution is 2.23. The lowest BCUT2D eigenvalue weighted by Gasteiger charge is -2.06. The maximum atomic E-state index is 12.3. The molecule has 0 saturated carbocycles. The molecule has 0 radical (unpaired) electrons. The molecule has 1 aromatic heterocycles. The van der Waals surface area contributed by atoms with Gasteiger partial charge in [0.15, 0.2) is 0 Å². The fourth-order valence-electron chi connectivity index (χ4n) is 2.18. The maximum Gasteiger partial charge on any atom is 0.292 e. The molecule has 0 aliphatic heterocycles. The number of hydrogen-bond donors (Lipinski definition) is 2. The van der Waals surface area contributed by atoms with Gasteiger partial charge >= 0.3 is 0 Å². The van der Waals surface area contributed by atoms with Crippen LogP contribution in [0.2, 0.25) is 0 Å². The van der Waals surface area contributed by atoms with Gasteiger partial charge in [0.2, 0.25) is 5.55 Å². The molecule has 2 N–H and O–H groups in total. The van der Waals surface area contributed by atoms with Crippen molar-refractivity contribution in [1.29, 1.82) is 5.41 Å². The number of fused-ring (bicyclic) bond motifs is 1. The molecule has 23 heavy (non-hydrogen) atoms. The number of carbonyl (C=O) groups is 1. The number of carbonyl (C=O) groups excluding carboxylic acids is 1. The first-order valence-corrected chi connectivity index (χ1v) is 6.68. The minimum atomic E-state index is -0.640. The summed E-state index contributed by atoms with van der Waals surface area (Å²) in [6.07, 6.45) is 0. The fourth-order valence-corrected chi connectivity index (χ4v) is 2.18. The number of para-hydroxylation sites is 3. The molecule has 114 valence electrons. The molecule has 0 fully saturated rings. The van der Waals surface area contributed by atoms with Gasteiger partial charge in [-0.1, -0.05) is 30.3 Å². The number of anilines is 1. The van der Waals surface area contributed by atoms with Crippen molar-refractivity contribution in [2.45, 2.75) is 0 Å². The Morgan fingerprint density at radius 3 is 2.61 bits per heavy atom. The van der Waals surface area contributed by atoms with Crippen LogP contribution in [0.1, 0.15) is 10.4 Å². The molecule has 0 atom stereocenters. The summed E-state index contributed by atoms with van der Waals surface area (Å²) in [5.41, 5.74) is 0.0292. The summed E-state index contributed by atoms with van der Waals surface area (Å²) in [6.45, 7) is 0. The molecular weight excluding hydrogens is 298 g/mol. The number of amides is 1. The lowest BCUT2D eigenvalue weighted by molar-refractivity contribution is -0.383. The van der Waals surface area contributed by atoms with Crippen LogP contribution >= 0.6 is 0 Å². The van der Waals surface area contributed by atoms with Gasteiger partial charge in [0.1, 0.15) is 16.8 Å². The van der Waals surface area contributed by atoms with Crippen molar-refractivity contribution in [2.75, 3.05) is 5.32 Å². The predicted octanol–water partition coefficient (Wildman–Crippen LogP) is 3.07. The lowest BCUT2D eigenvalue weighted by Crippen LogP contribution is -2.21. The van der Waals surface area contributed by atoms with Crippen molar-refractivity contribution in [1.82, 2.24) is 0 Å². The third-order valence-electron chi connectivity index (χ3n) is 3.27. The summed E-state index contributed by atoms with van der Waals surface area (Å²) in [6, 6.07) is 14.3. The first-order chi connectivity index (χ1) is 11.1. The van der Waals surface area contributed by atoms with Crippen LogP contribution in [-0.2, 0) is 0 Å². The van der Waals surface area contributed by atoms with E-state index in [4.69, 9.17) is 9.83 Å². The third kappa shape index (κ3) is 2.80. The van der Waals surface area contributed by atoms with Crippen LogP contribution in [0, 0.1) is 15.5 Å². The summed E-state index contributed by atoms with van der Waals surface area (Å²) < 4.78 is 5.30. The highest BCUT2D eigenvalue weighted by Gasteiger charge is 2.17. The number of hydrogen-bond acceptors (Lipinski definition) is 5. The molecule has 1 heterocycles. The van der Waals surface area contributed by atoms with Gasteiger partial charge in [-0.3, -0.25) is 20.3 Å². The standard InChI is InChI=1S/C16H11N3O4/c17-15-11(9-10-5-1-4-8-14(10)23-15)16(20)18-12-6-2-3-7-13(12)19(21)22/h1-9,17H,(H,18,20). The number of nitrogens with zero attached hydrogens (tertiary/aromatic N) is 1.